The van der Waals surface area contributed by atoms with E-state index >= 15 is 0 Å². The molecule has 35 heavy (non-hydrogen) atoms. The Morgan fingerprint density at radius 2 is 2.03 bits per heavy atom. The number of ether oxygens (including phenoxy) is 2. The number of aryl methyl sites for hydroxylation is 1. The number of nitrogens with one attached hydrogen (secondary N) is 1. The van der Waals surface area contributed by atoms with Crippen LogP contribution in [0.3, 0.4) is 0 Å². The summed E-state index contributed by atoms with van der Waals surface area (Å²) in [4.78, 5) is 25.2. The number of nitrogens with zero attached hydrogens (tertiary/aromatic N) is 2. The third-order valence-corrected chi connectivity index (χ3v) is 5.64. The van der Waals surface area contributed by atoms with Gasteiger partial charge in [0.25, 0.3) is 5.91 Å². The Hall–Kier alpha value is -2.95. The number of rotatable bonds is 6. The maximum Gasteiger partial charge on any atom is 0.417 e. The summed E-state index contributed by atoms with van der Waals surface area (Å²) in [7, 11) is 0. The summed E-state index contributed by atoms with van der Waals surface area (Å²) in [6.45, 7) is 5.38. The third kappa shape index (κ3) is 6.81. The molecule has 1 N–H and O–H groups in total. The first-order chi connectivity index (χ1) is 16.6. The van der Waals surface area contributed by atoms with Crippen molar-refractivity contribution >= 4 is 11.9 Å². The van der Waals surface area contributed by atoms with Gasteiger partial charge in [-0.05, 0) is 43.9 Å². The molecule has 0 bridgehead atoms. The smallest absolute Gasteiger partial charge is 0.417 e. The molecule has 2 aromatic rings. The lowest BCUT2D eigenvalue weighted by atomic mass is 10.1. The fraction of sp³-hybridized carbons (Fsp3) is 0.542. The molecule has 11 heteroatoms. The Bertz CT molecular complexity index is 1050. The number of halogens is 4. The van der Waals surface area contributed by atoms with Crippen molar-refractivity contribution in [3.05, 3.63) is 52.1 Å². The van der Waals surface area contributed by atoms with Gasteiger partial charge in [0.2, 0.25) is 0 Å². The summed E-state index contributed by atoms with van der Waals surface area (Å²) >= 11 is 0. The van der Waals surface area contributed by atoms with Crippen LogP contribution >= 0.6 is 0 Å². The van der Waals surface area contributed by atoms with Crippen LogP contribution in [0.2, 0.25) is 0 Å². The Morgan fingerprint density at radius 1 is 1.29 bits per heavy atom. The van der Waals surface area contributed by atoms with Gasteiger partial charge >= 0.3 is 12.1 Å². The van der Waals surface area contributed by atoms with Crippen molar-refractivity contribution in [3.63, 3.8) is 0 Å². The zero-order chi connectivity index (χ0) is 25.6. The molecule has 0 radical (unpaired) electrons. The van der Waals surface area contributed by atoms with E-state index < -0.39 is 29.1 Å². The monoisotopic (exact) mass is 499 g/mol. The number of benzene rings is 1. The minimum Gasteiger partial charge on any atom is -0.462 e. The van der Waals surface area contributed by atoms with E-state index in [2.05, 4.69) is 10.4 Å². The van der Waals surface area contributed by atoms with Crippen LogP contribution in [0.15, 0.2) is 18.2 Å². The first-order valence-electron chi connectivity index (χ1n) is 11.6. The maximum absolute atomic E-state index is 13.3. The topological polar surface area (TPSA) is 82.5 Å². The minimum atomic E-state index is -4.90. The number of carbonyl (C=O) groups excluding carboxylic acids is 2. The van der Waals surface area contributed by atoms with Crippen molar-refractivity contribution in [2.75, 3.05) is 26.4 Å². The normalized spacial score (nSPS) is 16.1. The van der Waals surface area contributed by atoms with Crippen LogP contribution in [0.4, 0.5) is 17.6 Å². The van der Waals surface area contributed by atoms with Crippen molar-refractivity contribution in [1.29, 1.82) is 0 Å². The van der Waals surface area contributed by atoms with E-state index in [1.54, 1.807) is 11.6 Å². The number of fused-ring (bicyclic) bond motifs is 1. The zero-order valence-corrected chi connectivity index (χ0v) is 19.7. The zero-order valence-electron chi connectivity index (χ0n) is 19.7. The van der Waals surface area contributed by atoms with E-state index in [9.17, 15) is 27.2 Å². The molecular weight excluding hydrogens is 470 g/mol. The number of hydrogen-bond donors (Lipinski definition) is 1. The first-order valence-corrected chi connectivity index (χ1v) is 11.6. The number of aromatic nitrogens is 2. The van der Waals surface area contributed by atoms with Crippen molar-refractivity contribution in [2.45, 2.75) is 52.3 Å². The molecule has 0 saturated heterocycles. The Kier molecular flexibility index (Phi) is 8.87. The minimum absolute atomic E-state index is 0.182. The molecule has 1 aromatic carbocycles. The van der Waals surface area contributed by atoms with E-state index in [1.807, 2.05) is 6.92 Å². The van der Waals surface area contributed by atoms with Crippen LogP contribution in [0, 0.1) is 11.7 Å². The number of alkyl halides is 3. The van der Waals surface area contributed by atoms with Gasteiger partial charge in [0.1, 0.15) is 5.82 Å². The average Bonchev–Trinajstić information content (AvgIpc) is 3.13. The Labute approximate surface area is 200 Å². The van der Waals surface area contributed by atoms with E-state index in [0.29, 0.717) is 63.2 Å². The molecule has 1 aromatic heterocycles. The van der Waals surface area contributed by atoms with Crippen LogP contribution in [0.1, 0.15) is 64.4 Å². The molecule has 1 aliphatic heterocycles. The van der Waals surface area contributed by atoms with E-state index in [4.69, 9.17) is 9.47 Å². The highest BCUT2D eigenvalue weighted by molar-refractivity contribution is 5.96. The molecule has 192 valence electrons. The molecule has 7 nitrogen and oxygen atoms in total. The molecule has 0 spiro atoms. The summed E-state index contributed by atoms with van der Waals surface area (Å²) in [5.74, 6) is -2.80. The van der Waals surface area contributed by atoms with E-state index in [-0.39, 0.29) is 24.5 Å². The lowest BCUT2D eigenvalue weighted by Gasteiger charge is -2.16. The largest absolute Gasteiger partial charge is 0.462 e. The molecule has 0 unspecified atom stereocenters. The maximum atomic E-state index is 13.3. The Balaban J connectivity index is 1.74. The molecule has 1 aliphatic rings. The fourth-order valence-electron chi connectivity index (χ4n) is 3.95. The lowest BCUT2D eigenvalue weighted by Crippen LogP contribution is -2.27. The SMILES string of the molecule is CCc1nn(C[C@@H](C)COC(=O)c2ccc(F)cc2C(F)(F)F)c2c1C(=O)NCCCOCCC2. The van der Waals surface area contributed by atoms with Crippen LogP contribution in [0.25, 0.3) is 0 Å². The second kappa shape index (κ2) is 11.7. The third-order valence-electron chi connectivity index (χ3n) is 5.64. The molecule has 0 fully saturated rings. The van der Waals surface area contributed by atoms with Crippen molar-refractivity contribution in [1.82, 2.24) is 15.1 Å². The van der Waals surface area contributed by atoms with Gasteiger partial charge in [-0.25, -0.2) is 9.18 Å². The number of carbonyl (C=O) groups is 2. The van der Waals surface area contributed by atoms with Gasteiger partial charge < -0.3 is 14.8 Å². The molecule has 2 heterocycles. The van der Waals surface area contributed by atoms with Gasteiger partial charge in [-0.2, -0.15) is 18.3 Å². The highest BCUT2D eigenvalue weighted by Crippen LogP contribution is 2.33. The number of esters is 1. The second-order valence-electron chi connectivity index (χ2n) is 8.52. The molecule has 3 rings (SSSR count). The van der Waals surface area contributed by atoms with Gasteiger partial charge in [0.15, 0.2) is 0 Å². The van der Waals surface area contributed by atoms with Gasteiger partial charge in [-0.15, -0.1) is 0 Å². The van der Waals surface area contributed by atoms with Gasteiger partial charge in [-0.1, -0.05) is 13.8 Å². The van der Waals surface area contributed by atoms with Crippen molar-refractivity contribution < 1.29 is 36.6 Å². The van der Waals surface area contributed by atoms with Crippen LogP contribution in [-0.2, 0) is 35.0 Å². The number of amides is 1. The highest BCUT2D eigenvalue weighted by Gasteiger charge is 2.36. The van der Waals surface area contributed by atoms with Crippen LogP contribution in [-0.4, -0.2) is 48.0 Å². The van der Waals surface area contributed by atoms with Crippen molar-refractivity contribution in [3.8, 4) is 0 Å². The van der Waals surface area contributed by atoms with Crippen molar-refractivity contribution in [2.24, 2.45) is 5.92 Å². The summed E-state index contributed by atoms with van der Waals surface area (Å²) in [6, 6.07) is 1.82. The van der Waals surface area contributed by atoms with E-state index in [1.165, 1.54) is 0 Å². The summed E-state index contributed by atoms with van der Waals surface area (Å²) in [5, 5.41) is 7.49. The fourth-order valence-corrected chi connectivity index (χ4v) is 3.95. The molecule has 1 amide bonds. The molecular formula is C24H29F4N3O4. The average molecular weight is 500 g/mol. The van der Waals surface area contributed by atoms with Gasteiger partial charge in [-0.3, -0.25) is 9.48 Å². The predicted molar refractivity (Wildman–Crippen MR) is 119 cm³/mol. The predicted octanol–water partition coefficient (Wildman–Crippen LogP) is 4.18. The molecule has 0 aliphatic carbocycles. The Morgan fingerprint density at radius 3 is 2.74 bits per heavy atom. The molecule has 1 atom stereocenters. The summed E-state index contributed by atoms with van der Waals surface area (Å²) in [6.07, 6.45) is -2.38. The first kappa shape index (κ1) is 26.7. The highest BCUT2D eigenvalue weighted by atomic mass is 19.4. The van der Waals surface area contributed by atoms with Gasteiger partial charge in [0.05, 0.1) is 34.7 Å². The van der Waals surface area contributed by atoms with Crippen LogP contribution in [0.5, 0.6) is 0 Å². The summed E-state index contributed by atoms with van der Waals surface area (Å²) < 4.78 is 65.4. The second-order valence-corrected chi connectivity index (χ2v) is 8.52. The summed E-state index contributed by atoms with van der Waals surface area (Å²) in [5.41, 5.74) is -0.181. The van der Waals surface area contributed by atoms with E-state index in [0.717, 1.165) is 17.8 Å². The lowest BCUT2D eigenvalue weighted by molar-refractivity contribution is -0.138. The molecule has 0 saturated carbocycles. The van der Waals surface area contributed by atoms with Crippen LogP contribution < -0.4 is 5.32 Å². The number of hydrogen-bond acceptors (Lipinski definition) is 5. The van der Waals surface area contributed by atoms with Gasteiger partial charge in [0, 0.05) is 32.2 Å². The standard InChI is InChI=1S/C24H29F4N3O4/c1-3-19-21-20(6-4-10-34-11-5-9-29-22(21)32)31(30-19)13-15(2)14-35-23(33)17-8-7-16(25)12-18(17)24(26,27)28/h7-8,12,15H,3-6,9-11,13-14H2,1-2H3,(H,29,32)/t15-/m1/s1. The quantitative estimate of drug-likeness (QED) is 0.477.